The lowest BCUT2D eigenvalue weighted by Crippen LogP contribution is -2.46. The molecule has 2 aromatic rings. The van der Waals surface area contributed by atoms with Crippen molar-refractivity contribution in [2.45, 2.75) is 22.3 Å². The quantitative estimate of drug-likeness (QED) is 0.738. The van der Waals surface area contributed by atoms with Gasteiger partial charge in [0.25, 0.3) is 0 Å². The SMILES string of the molecule is CN1CCN([C@H]2Cc3ccccc3Sc3c(F)cc(Cl)cc32)CC1. The Balaban J connectivity index is 1.80. The van der Waals surface area contributed by atoms with Gasteiger partial charge in [-0.05, 0) is 42.8 Å². The van der Waals surface area contributed by atoms with Crippen LogP contribution in [0.5, 0.6) is 0 Å². The molecule has 0 radical (unpaired) electrons. The average molecular weight is 363 g/mol. The molecule has 0 spiro atoms. The Morgan fingerprint density at radius 3 is 2.67 bits per heavy atom. The van der Waals surface area contributed by atoms with Crippen LogP contribution in [0.3, 0.4) is 0 Å². The molecule has 0 aromatic heterocycles. The van der Waals surface area contributed by atoms with Gasteiger partial charge < -0.3 is 4.90 Å². The second kappa shape index (κ2) is 6.68. The van der Waals surface area contributed by atoms with Crippen molar-refractivity contribution < 1.29 is 4.39 Å². The number of likely N-dealkylation sites (N-methyl/N-ethyl adjacent to an activating group) is 1. The smallest absolute Gasteiger partial charge is 0.138 e. The van der Waals surface area contributed by atoms with E-state index in [4.69, 9.17) is 11.6 Å². The Kier molecular flexibility index (Phi) is 4.56. The van der Waals surface area contributed by atoms with Crippen LogP contribution in [0.2, 0.25) is 5.02 Å². The Morgan fingerprint density at radius 1 is 1.12 bits per heavy atom. The molecule has 2 aliphatic rings. The van der Waals surface area contributed by atoms with Crippen molar-refractivity contribution in [3.63, 3.8) is 0 Å². The molecule has 0 unspecified atom stereocenters. The molecule has 0 N–H and O–H groups in total. The van der Waals surface area contributed by atoms with Gasteiger partial charge in [0.2, 0.25) is 0 Å². The van der Waals surface area contributed by atoms with Crippen LogP contribution in [0.15, 0.2) is 46.2 Å². The lowest BCUT2D eigenvalue weighted by Gasteiger charge is -2.38. The van der Waals surface area contributed by atoms with Gasteiger partial charge in [0.1, 0.15) is 5.82 Å². The molecule has 0 aliphatic carbocycles. The summed E-state index contributed by atoms with van der Waals surface area (Å²) in [5.74, 6) is -0.210. The molecule has 1 saturated heterocycles. The molecule has 0 bridgehead atoms. The first kappa shape index (κ1) is 16.4. The molecule has 0 saturated carbocycles. The summed E-state index contributed by atoms with van der Waals surface area (Å²) < 4.78 is 14.7. The molecule has 0 amide bonds. The molecular formula is C19H20ClFN2S. The van der Waals surface area contributed by atoms with Gasteiger partial charge in [-0.1, -0.05) is 41.6 Å². The number of fused-ring (bicyclic) bond motifs is 2. The number of benzene rings is 2. The highest BCUT2D eigenvalue weighted by Gasteiger charge is 2.31. The maximum absolute atomic E-state index is 14.7. The zero-order valence-corrected chi connectivity index (χ0v) is 15.2. The largest absolute Gasteiger partial charge is 0.304 e. The van der Waals surface area contributed by atoms with E-state index in [-0.39, 0.29) is 11.9 Å². The van der Waals surface area contributed by atoms with E-state index in [9.17, 15) is 4.39 Å². The fraction of sp³-hybridized carbons (Fsp3) is 0.368. The summed E-state index contributed by atoms with van der Waals surface area (Å²) in [6.45, 7) is 4.09. The van der Waals surface area contributed by atoms with Gasteiger partial charge in [-0.15, -0.1) is 0 Å². The summed E-state index contributed by atoms with van der Waals surface area (Å²) in [4.78, 5) is 6.71. The molecule has 2 nitrogen and oxygen atoms in total. The van der Waals surface area contributed by atoms with Crippen LogP contribution in [-0.2, 0) is 6.42 Å². The maximum atomic E-state index is 14.7. The molecule has 4 rings (SSSR count). The lowest BCUT2D eigenvalue weighted by molar-refractivity contribution is 0.109. The van der Waals surface area contributed by atoms with Gasteiger partial charge in [-0.25, -0.2) is 4.39 Å². The number of nitrogens with zero attached hydrogens (tertiary/aromatic N) is 2. The molecule has 2 aromatic carbocycles. The molecule has 24 heavy (non-hydrogen) atoms. The fourth-order valence-electron chi connectivity index (χ4n) is 3.60. The van der Waals surface area contributed by atoms with E-state index in [0.29, 0.717) is 5.02 Å². The predicted molar refractivity (Wildman–Crippen MR) is 97.5 cm³/mol. The number of hydrogen-bond acceptors (Lipinski definition) is 3. The molecule has 2 aliphatic heterocycles. The Bertz CT molecular complexity index is 759. The predicted octanol–water partition coefficient (Wildman–Crippen LogP) is 4.47. The van der Waals surface area contributed by atoms with Crippen molar-refractivity contribution in [2.75, 3.05) is 33.2 Å². The van der Waals surface area contributed by atoms with E-state index in [2.05, 4.69) is 35.0 Å². The Labute approximate surface area is 151 Å². The summed E-state index contributed by atoms with van der Waals surface area (Å²) in [5.41, 5.74) is 2.32. The number of piperazine rings is 1. The summed E-state index contributed by atoms with van der Waals surface area (Å²) in [7, 11) is 2.15. The van der Waals surface area contributed by atoms with Crippen LogP contribution in [0.4, 0.5) is 4.39 Å². The van der Waals surface area contributed by atoms with Crippen molar-refractivity contribution in [1.29, 1.82) is 0 Å². The number of hydrogen-bond donors (Lipinski definition) is 0. The highest BCUT2D eigenvalue weighted by atomic mass is 35.5. The van der Waals surface area contributed by atoms with Crippen LogP contribution >= 0.6 is 23.4 Å². The van der Waals surface area contributed by atoms with Crippen LogP contribution in [0, 0.1) is 5.82 Å². The van der Waals surface area contributed by atoms with Gasteiger partial charge in [0, 0.05) is 42.1 Å². The zero-order valence-electron chi connectivity index (χ0n) is 13.6. The van der Waals surface area contributed by atoms with Crippen molar-refractivity contribution in [1.82, 2.24) is 9.80 Å². The average Bonchev–Trinajstić information content (AvgIpc) is 2.73. The van der Waals surface area contributed by atoms with Gasteiger partial charge in [-0.2, -0.15) is 0 Å². The normalized spacial score (nSPS) is 21.9. The molecule has 5 heteroatoms. The Hall–Kier alpha value is -1.07. The van der Waals surface area contributed by atoms with Gasteiger partial charge in [0.15, 0.2) is 0 Å². The first-order chi connectivity index (χ1) is 11.6. The standard InChI is InChI=1S/C19H20ClFN2S/c1-22-6-8-23(9-7-22)17-10-13-4-2-3-5-18(13)24-19-15(17)11-14(20)12-16(19)21/h2-5,11-12,17H,6-10H2,1H3/t17-/m0/s1. The second-order valence-corrected chi connectivity index (χ2v) is 8.06. The van der Waals surface area contributed by atoms with E-state index in [1.807, 2.05) is 12.1 Å². The van der Waals surface area contributed by atoms with Crippen LogP contribution in [0.25, 0.3) is 0 Å². The maximum Gasteiger partial charge on any atom is 0.138 e. The van der Waals surface area contributed by atoms with Crippen LogP contribution in [-0.4, -0.2) is 43.0 Å². The number of halogens is 2. The van der Waals surface area contributed by atoms with E-state index in [1.165, 1.54) is 23.4 Å². The zero-order chi connectivity index (χ0) is 16.7. The topological polar surface area (TPSA) is 6.48 Å². The number of rotatable bonds is 1. The highest BCUT2D eigenvalue weighted by Crippen LogP contribution is 2.45. The van der Waals surface area contributed by atoms with E-state index in [1.54, 1.807) is 0 Å². The first-order valence-corrected chi connectivity index (χ1v) is 9.48. The third-order valence-corrected chi connectivity index (χ3v) is 6.44. The van der Waals surface area contributed by atoms with Gasteiger partial charge in [0.05, 0.1) is 4.90 Å². The monoisotopic (exact) mass is 362 g/mol. The summed E-state index contributed by atoms with van der Waals surface area (Å²) >= 11 is 7.73. The minimum absolute atomic E-state index is 0.179. The second-order valence-electron chi connectivity index (χ2n) is 6.57. The molecule has 1 fully saturated rings. The van der Waals surface area contributed by atoms with Crippen molar-refractivity contribution >= 4 is 23.4 Å². The first-order valence-electron chi connectivity index (χ1n) is 8.29. The Morgan fingerprint density at radius 2 is 1.88 bits per heavy atom. The molecular weight excluding hydrogens is 343 g/mol. The third-order valence-electron chi connectivity index (χ3n) is 4.97. The minimum Gasteiger partial charge on any atom is -0.304 e. The van der Waals surface area contributed by atoms with Crippen LogP contribution < -0.4 is 0 Å². The molecule has 1 atom stereocenters. The van der Waals surface area contributed by atoms with Crippen molar-refractivity contribution in [2.24, 2.45) is 0 Å². The molecule has 2 heterocycles. The van der Waals surface area contributed by atoms with Crippen molar-refractivity contribution in [3.8, 4) is 0 Å². The van der Waals surface area contributed by atoms with Crippen LogP contribution in [0.1, 0.15) is 17.2 Å². The van der Waals surface area contributed by atoms with E-state index < -0.39 is 0 Å². The summed E-state index contributed by atoms with van der Waals surface area (Å²) in [6, 6.07) is 11.9. The fourth-order valence-corrected chi connectivity index (χ4v) is 4.93. The van der Waals surface area contributed by atoms with Crippen molar-refractivity contribution in [3.05, 3.63) is 58.4 Å². The highest BCUT2D eigenvalue weighted by molar-refractivity contribution is 7.99. The van der Waals surface area contributed by atoms with Gasteiger partial charge in [-0.3, -0.25) is 4.90 Å². The molecule has 126 valence electrons. The van der Waals surface area contributed by atoms with Gasteiger partial charge >= 0.3 is 0 Å². The lowest BCUT2D eigenvalue weighted by atomic mass is 9.96. The third kappa shape index (κ3) is 3.08. The van der Waals surface area contributed by atoms with E-state index >= 15 is 0 Å². The minimum atomic E-state index is -0.210. The summed E-state index contributed by atoms with van der Waals surface area (Å²) in [5, 5.41) is 0.483. The van der Waals surface area contributed by atoms with E-state index in [0.717, 1.165) is 48.0 Å². The summed E-state index contributed by atoms with van der Waals surface area (Å²) in [6.07, 6.45) is 0.902.